The zero-order valence-electron chi connectivity index (χ0n) is 12.5. The van der Waals surface area contributed by atoms with Crippen molar-refractivity contribution in [1.82, 2.24) is 15.5 Å². The first-order valence-corrected chi connectivity index (χ1v) is 7.52. The van der Waals surface area contributed by atoms with E-state index in [1.807, 2.05) is 12.1 Å². The van der Waals surface area contributed by atoms with Crippen LogP contribution in [0.3, 0.4) is 0 Å². The summed E-state index contributed by atoms with van der Waals surface area (Å²) < 4.78 is 5.27. The Bertz CT molecular complexity index is 496. The number of piperazine rings is 1. The van der Waals surface area contributed by atoms with E-state index in [0.717, 1.165) is 30.9 Å². The molecule has 0 bridgehead atoms. The highest BCUT2D eigenvalue weighted by atomic mass is 35.5. The maximum absolute atomic E-state index is 12.1. The highest BCUT2D eigenvalue weighted by molar-refractivity contribution is 6.30. The molecule has 0 aromatic heterocycles. The summed E-state index contributed by atoms with van der Waals surface area (Å²) in [6, 6.07) is 5.77. The number of benzene rings is 1. The second-order valence-corrected chi connectivity index (χ2v) is 5.69. The van der Waals surface area contributed by atoms with Crippen LogP contribution in [0.25, 0.3) is 0 Å². The van der Waals surface area contributed by atoms with Crippen LogP contribution < -0.4 is 15.4 Å². The molecule has 116 valence electrons. The molecular formula is C15H22ClN3O2. The van der Waals surface area contributed by atoms with E-state index < -0.39 is 0 Å². The van der Waals surface area contributed by atoms with Crippen molar-refractivity contribution in [2.75, 3.05) is 33.3 Å². The van der Waals surface area contributed by atoms with Crippen molar-refractivity contribution in [2.24, 2.45) is 0 Å². The molecule has 5 nitrogen and oxygen atoms in total. The molecule has 1 aromatic rings. The number of methoxy groups -OCH3 is 1. The molecule has 1 atom stereocenters. The van der Waals surface area contributed by atoms with Crippen molar-refractivity contribution in [3.63, 3.8) is 0 Å². The van der Waals surface area contributed by atoms with E-state index in [1.165, 1.54) is 0 Å². The fraction of sp³-hybridized carbons (Fsp3) is 0.533. The first kappa shape index (κ1) is 16.1. The number of hydrogen-bond acceptors (Lipinski definition) is 4. The Labute approximate surface area is 130 Å². The normalized spacial score (nSPS) is 19.3. The van der Waals surface area contributed by atoms with Gasteiger partial charge >= 0.3 is 0 Å². The molecule has 2 rings (SSSR count). The van der Waals surface area contributed by atoms with Crippen molar-refractivity contribution < 1.29 is 9.53 Å². The van der Waals surface area contributed by atoms with Crippen molar-refractivity contribution in [3.8, 4) is 5.75 Å². The number of carbonyl (C=O) groups is 1. The number of carbonyl (C=O) groups excluding carboxylic acids is 1. The minimum atomic E-state index is 0.0192. The topological polar surface area (TPSA) is 53.6 Å². The van der Waals surface area contributed by atoms with Gasteiger partial charge in [0.25, 0.3) is 0 Å². The zero-order valence-corrected chi connectivity index (χ0v) is 13.2. The van der Waals surface area contributed by atoms with Crippen molar-refractivity contribution in [1.29, 1.82) is 0 Å². The third-order valence-electron chi connectivity index (χ3n) is 3.70. The molecule has 0 radical (unpaired) electrons. The van der Waals surface area contributed by atoms with Gasteiger partial charge in [0, 0.05) is 42.8 Å². The molecule has 1 aliphatic heterocycles. The van der Waals surface area contributed by atoms with Crippen molar-refractivity contribution in [2.45, 2.75) is 19.5 Å². The second-order valence-electron chi connectivity index (χ2n) is 5.26. The highest BCUT2D eigenvalue weighted by Gasteiger charge is 2.20. The Hall–Kier alpha value is -1.30. The molecule has 21 heavy (non-hydrogen) atoms. The SMILES string of the molecule is COc1ccc(Cl)cc1CNC(=O)CN1CCNC[C@@H]1C. The molecule has 1 saturated heterocycles. The zero-order chi connectivity index (χ0) is 15.2. The lowest BCUT2D eigenvalue weighted by molar-refractivity contribution is -0.123. The monoisotopic (exact) mass is 311 g/mol. The quantitative estimate of drug-likeness (QED) is 0.859. The minimum absolute atomic E-state index is 0.0192. The predicted molar refractivity (Wildman–Crippen MR) is 83.8 cm³/mol. The predicted octanol–water partition coefficient (Wildman–Crippen LogP) is 1.26. The maximum atomic E-state index is 12.1. The number of halogens is 1. The fourth-order valence-electron chi connectivity index (χ4n) is 2.44. The molecule has 1 amide bonds. The lowest BCUT2D eigenvalue weighted by Gasteiger charge is -2.33. The van der Waals surface area contributed by atoms with Gasteiger partial charge < -0.3 is 15.4 Å². The van der Waals surface area contributed by atoms with Crippen LogP contribution in [-0.4, -0.2) is 50.1 Å². The van der Waals surface area contributed by atoms with Gasteiger partial charge in [-0.15, -0.1) is 0 Å². The largest absolute Gasteiger partial charge is 0.496 e. The Balaban J connectivity index is 1.87. The molecule has 6 heteroatoms. The average molecular weight is 312 g/mol. The lowest BCUT2D eigenvalue weighted by Crippen LogP contribution is -2.52. The van der Waals surface area contributed by atoms with Gasteiger partial charge in [0.15, 0.2) is 0 Å². The number of rotatable bonds is 5. The van der Waals surface area contributed by atoms with E-state index in [0.29, 0.717) is 24.2 Å². The Kier molecular flexibility index (Phi) is 5.85. The third kappa shape index (κ3) is 4.59. The Morgan fingerprint density at radius 2 is 2.38 bits per heavy atom. The smallest absolute Gasteiger partial charge is 0.234 e. The van der Waals surface area contributed by atoms with Crippen molar-refractivity contribution >= 4 is 17.5 Å². The fourth-order valence-corrected chi connectivity index (χ4v) is 2.63. The summed E-state index contributed by atoms with van der Waals surface area (Å²) >= 11 is 5.98. The summed E-state index contributed by atoms with van der Waals surface area (Å²) in [7, 11) is 1.61. The maximum Gasteiger partial charge on any atom is 0.234 e. The van der Waals surface area contributed by atoms with E-state index in [-0.39, 0.29) is 5.91 Å². The van der Waals surface area contributed by atoms with Gasteiger partial charge in [0.1, 0.15) is 5.75 Å². The molecule has 1 heterocycles. The van der Waals surface area contributed by atoms with Crippen LogP contribution in [-0.2, 0) is 11.3 Å². The molecule has 0 saturated carbocycles. The van der Waals surface area contributed by atoms with Crippen LogP contribution in [0.4, 0.5) is 0 Å². The van der Waals surface area contributed by atoms with E-state index in [9.17, 15) is 4.79 Å². The average Bonchev–Trinajstić information content (AvgIpc) is 2.48. The van der Waals surface area contributed by atoms with E-state index in [4.69, 9.17) is 16.3 Å². The summed E-state index contributed by atoms with van der Waals surface area (Å²) in [5, 5.41) is 6.88. The Morgan fingerprint density at radius 1 is 1.57 bits per heavy atom. The third-order valence-corrected chi connectivity index (χ3v) is 3.94. The number of amides is 1. The summed E-state index contributed by atoms with van der Waals surface area (Å²) in [4.78, 5) is 14.2. The van der Waals surface area contributed by atoms with Gasteiger partial charge in [-0.3, -0.25) is 9.69 Å². The summed E-state index contributed by atoms with van der Waals surface area (Å²) in [5.41, 5.74) is 0.881. The molecule has 1 aliphatic rings. The van der Waals surface area contributed by atoms with Gasteiger partial charge in [-0.1, -0.05) is 11.6 Å². The highest BCUT2D eigenvalue weighted by Crippen LogP contribution is 2.22. The van der Waals surface area contributed by atoms with E-state index in [2.05, 4.69) is 22.5 Å². The summed E-state index contributed by atoms with van der Waals surface area (Å²) in [5.74, 6) is 0.751. The van der Waals surface area contributed by atoms with E-state index in [1.54, 1.807) is 13.2 Å². The van der Waals surface area contributed by atoms with E-state index >= 15 is 0 Å². The number of hydrogen-bond donors (Lipinski definition) is 2. The summed E-state index contributed by atoms with van der Waals surface area (Å²) in [6.45, 7) is 5.72. The van der Waals surface area contributed by atoms with Gasteiger partial charge in [-0.2, -0.15) is 0 Å². The molecule has 0 spiro atoms. The first-order chi connectivity index (χ1) is 10.1. The summed E-state index contributed by atoms with van der Waals surface area (Å²) in [6.07, 6.45) is 0. The first-order valence-electron chi connectivity index (χ1n) is 7.14. The number of nitrogens with one attached hydrogen (secondary N) is 2. The van der Waals surface area contributed by atoms with Crippen LogP contribution in [0, 0.1) is 0 Å². The molecule has 1 aromatic carbocycles. The van der Waals surface area contributed by atoms with Gasteiger partial charge in [0.2, 0.25) is 5.91 Å². The van der Waals surface area contributed by atoms with Crippen LogP contribution in [0.15, 0.2) is 18.2 Å². The minimum Gasteiger partial charge on any atom is -0.496 e. The van der Waals surface area contributed by atoms with Gasteiger partial charge in [-0.05, 0) is 25.1 Å². The number of nitrogens with zero attached hydrogens (tertiary/aromatic N) is 1. The molecule has 2 N–H and O–H groups in total. The van der Waals surface area contributed by atoms with Crippen LogP contribution in [0.2, 0.25) is 5.02 Å². The standard InChI is InChI=1S/C15H22ClN3O2/c1-11-8-17-5-6-19(11)10-15(20)18-9-12-7-13(16)3-4-14(12)21-2/h3-4,7,11,17H,5-6,8-10H2,1-2H3,(H,18,20)/t11-/m0/s1. The van der Waals surface area contributed by atoms with Crippen LogP contribution >= 0.6 is 11.6 Å². The molecular weight excluding hydrogens is 290 g/mol. The van der Waals surface area contributed by atoms with Crippen LogP contribution in [0.5, 0.6) is 5.75 Å². The van der Waals surface area contributed by atoms with Crippen molar-refractivity contribution in [3.05, 3.63) is 28.8 Å². The molecule has 0 unspecified atom stereocenters. The van der Waals surface area contributed by atoms with Gasteiger partial charge in [0.05, 0.1) is 13.7 Å². The van der Waals surface area contributed by atoms with Gasteiger partial charge in [-0.25, -0.2) is 0 Å². The van der Waals surface area contributed by atoms with Crippen LogP contribution in [0.1, 0.15) is 12.5 Å². The second kappa shape index (κ2) is 7.64. The molecule has 1 fully saturated rings. The molecule has 0 aliphatic carbocycles. The number of ether oxygens (including phenoxy) is 1. The lowest BCUT2D eigenvalue weighted by atomic mass is 10.2. The Morgan fingerprint density at radius 3 is 3.10 bits per heavy atom.